The third-order valence-electron chi connectivity index (χ3n) is 12.2. The summed E-state index contributed by atoms with van der Waals surface area (Å²) in [6.07, 6.45) is -11.4. The lowest BCUT2D eigenvalue weighted by atomic mass is 9.95. The number of nitrogens with two attached hydrogens (primary N) is 2. The Balaban J connectivity index is 0.961. The highest BCUT2D eigenvalue weighted by atomic mass is 31.3. The lowest BCUT2D eigenvalue weighted by Crippen LogP contribution is -2.45. The van der Waals surface area contributed by atoms with E-state index >= 15 is 0 Å². The van der Waals surface area contributed by atoms with Gasteiger partial charge in [-0.1, -0.05) is 4.98 Å². The number of aliphatic hydroxyl groups excluding tert-OH is 3. The van der Waals surface area contributed by atoms with Crippen LogP contribution in [0.3, 0.4) is 0 Å². The van der Waals surface area contributed by atoms with Gasteiger partial charge in [-0.05, 0) is 13.3 Å². The van der Waals surface area contributed by atoms with Crippen molar-refractivity contribution >= 4 is 65.2 Å². The first-order valence-corrected chi connectivity index (χ1v) is 28.2. The van der Waals surface area contributed by atoms with E-state index in [1.165, 1.54) is 27.1 Å². The van der Waals surface area contributed by atoms with Crippen LogP contribution >= 0.6 is 31.1 Å². The van der Waals surface area contributed by atoms with Crippen LogP contribution in [0.1, 0.15) is 32.0 Å². The first-order chi connectivity index (χ1) is 35.3. The van der Waals surface area contributed by atoms with Gasteiger partial charge in [-0.15, -0.1) is 0 Å². The molecule has 0 spiro atoms. The normalized spacial score (nSPS) is 30.4. The van der Waals surface area contributed by atoms with E-state index in [1.54, 1.807) is 6.92 Å². The maximum absolute atomic E-state index is 14.3. The summed E-state index contributed by atoms with van der Waals surface area (Å²) in [7, 11) is -20.8. The number of nitrogens with zero attached hydrogens (tertiary/aromatic N) is 8. The summed E-state index contributed by atoms with van der Waals surface area (Å²) in [6.45, 7) is -1.20. The molecular weight excluding hydrogens is 1100 g/mol. The first-order valence-electron chi connectivity index (χ1n) is 22.0. The molecule has 40 heteroatoms. The first kappa shape index (κ1) is 56.6. The Hall–Kier alpha value is -4.58. The molecular formula is C35H51N12O24P4+. The molecule has 414 valence electrons. The summed E-state index contributed by atoms with van der Waals surface area (Å²) in [6, 6.07) is 0.928. The quantitative estimate of drug-likeness (QED) is 0.0242. The number of ether oxygens (including phenoxy) is 5. The van der Waals surface area contributed by atoms with Gasteiger partial charge in [0.25, 0.3) is 17.1 Å². The predicted octanol–water partition coefficient (Wildman–Crippen LogP) is -3.03. The zero-order valence-corrected chi connectivity index (χ0v) is 42.7. The summed E-state index contributed by atoms with van der Waals surface area (Å²) < 4.78 is 111. The Morgan fingerprint density at radius 3 is 2.12 bits per heavy atom. The summed E-state index contributed by atoms with van der Waals surface area (Å²) in [4.78, 5) is 101. The minimum absolute atomic E-state index is 0.00497. The van der Waals surface area contributed by atoms with Crippen molar-refractivity contribution < 1.29 is 104 Å². The number of nitrogens with one attached hydrogen (secondary N) is 2. The number of phosphoric ester groups is 2. The van der Waals surface area contributed by atoms with E-state index in [4.69, 9.17) is 48.7 Å². The van der Waals surface area contributed by atoms with E-state index in [1.807, 2.05) is 4.98 Å². The largest absolute Gasteiger partial charge is 0.490 e. The molecule has 5 aromatic heterocycles. The zero-order valence-electron chi connectivity index (χ0n) is 39.1. The zero-order chi connectivity index (χ0) is 54.5. The van der Waals surface area contributed by atoms with Crippen molar-refractivity contribution in [2.75, 3.05) is 52.1 Å². The Morgan fingerprint density at radius 2 is 1.47 bits per heavy atom. The molecule has 0 aliphatic carbocycles. The fourth-order valence-corrected chi connectivity index (χ4v) is 14.1. The predicted molar refractivity (Wildman–Crippen MR) is 245 cm³/mol. The Morgan fingerprint density at radius 1 is 0.800 bits per heavy atom. The molecule has 16 atom stereocenters. The van der Waals surface area contributed by atoms with Crippen LogP contribution < -0.4 is 32.8 Å². The summed E-state index contributed by atoms with van der Waals surface area (Å²) in [5.41, 5.74) is 7.46. The lowest BCUT2D eigenvalue weighted by Gasteiger charge is -2.28. The van der Waals surface area contributed by atoms with E-state index in [-0.39, 0.29) is 53.7 Å². The van der Waals surface area contributed by atoms with Crippen molar-refractivity contribution in [2.24, 2.45) is 5.92 Å². The van der Waals surface area contributed by atoms with Gasteiger partial charge in [-0.2, -0.15) is 8.62 Å². The number of rotatable bonds is 22. The van der Waals surface area contributed by atoms with E-state index in [9.17, 15) is 67.5 Å². The minimum atomic E-state index is -6.19. The van der Waals surface area contributed by atoms with Gasteiger partial charge >= 0.3 is 42.4 Å². The van der Waals surface area contributed by atoms with Crippen LogP contribution in [0.25, 0.3) is 22.3 Å². The second-order valence-corrected chi connectivity index (χ2v) is 23.5. The highest BCUT2D eigenvalue weighted by molar-refractivity contribution is 7.66. The maximum atomic E-state index is 14.3. The van der Waals surface area contributed by atoms with Crippen molar-refractivity contribution in [3.05, 3.63) is 62.4 Å². The minimum Gasteiger partial charge on any atom is -0.387 e. The average molecular weight is 1150 g/mol. The lowest BCUT2D eigenvalue weighted by molar-refractivity contribution is -0.746. The molecule has 0 bridgehead atoms. The monoisotopic (exact) mass is 1150 g/mol. The van der Waals surface area contributed by atoms with Gasteiger partial charge in [-0.3, -0.25) is 46.9 Å². The average Bonchev–Trinajstić information content (AvgIpc) is 4.15. The van der Waals surface area contributed by atoms with Gasteiger partial charge in [0.2, 0.25) is 11.7 Å². The van der Waals surface area contributed by atoms with E-state index in [0.717, 1.165) is 36.6 Å². The molecule has 0 amide bonds. The van der Waals surface area contributed by atoms with Crippen molar-refractivity contribution in [1.82, 2.24) is 43.6 Å². The van der Waals surface area contributed by atoms with Crippen molar-refractivity contribution in [3.8, 4) is 0 Å². The molecule has 8 heterocycles. The van der Waals surface area contributed by atoms with Crippen LogP contribution in [0.5, 0.6) is 0 Å². The molecule has 0 radical (unpaired) electrons. The number of nitrogen functional groups attached to an aromatic ring is 2. The number of methoxy groups -OCH3 is 2. The van der Waals surface area contributed by atoms with Crippen molar-refractivity contribution in [3.63, 3.8) is 0 Å². The fraction of sp³-hybridized carbons (Fsp3) is 0.600. The topological polar surface area (TPSA) is 507 Å². The highest BCUT2D eigenvalue weighted by Crippen LogP contribution is 2.68. The van der Waals surface area contributed by atoms with E-state index in [0.29, 0.717) is 0 Å². The van der Waals surface area contributed by atoms with Gasteiger partial charge in [0, 0.05) is 39.0 Å². The van der Waals surface area contributed by atoms with Gasteiger partial charge in [-0.25, -0.2) is 38.0 Å². The van der Waals surface area contributed by atoms with E-state index in [2.05, 4.69) is 33.5 Å². The molecule has 3 fully saturated rings. The number of aliphatic hydroxyl groups is 3. The van der Waals surface area contributed by atoms with Crippen molar-refractivity contribution in [2.45, 2.75) is 87.0 Å². The van der Waals surface area contributed by atoms with Gasteiger partial charge in [0.15, 0.2) is 30.2 Å². The number of hydrogen-bond donors (Lipinski definition) is 11. The molecule has 3 aliphatic heterocycles. The third-order valence-corrected chi connectivity index (χ3v) is 18.4. The number of aromatic amines is 2. The fourth-order valence-electron chi connectivity index (χ4n) is 8.83. The van der Waals surface area contributed by atoms with Crippen LogP contribution in [-0.4, -0.2) is 168 Å². The second kappa shape index (κ2) is 22.0. The molecule has 0 aromatic carbocycles. The molecule has 5 aromatic rings. The molecule has 4 unspecified atom stereocenters. The van der Waals surface area contributed by atoms with Crippen LogP contribution in [0, 0.1) is 5.92 Å². The molecule has 8 rings (SSSR count). The summed E-state index contributed by atoms with van der Waals surface area (Å²) in [5, 5.41) is 32.9. The second-order valence-electron chi connectivity index (χ2n) is 16.9. The van der Waals surface area contributed by atoms with Crippen LogP contribution in [0.15, 0.2) is 45.6 Å². The number of hydrogen-bond acceptors (Lipinski definition) is 26. The number of aromatic nitrogens is 10. The molecule has 36 nitrogen and oxygen atoms in total. The molecule has 0 saturated carbocycles. The smallest absolute Gasteiger partial charge is 0.387 e. The van der Waals surface area contributed by atoms with E-state index < -0.39 is 141 Å². The third kappa shape index (κ3) is 11.8. The van der Waals surface area contributed by atoms with Gasteiger partial charge < -0.3 is 74.6 Å². The van der Waals surface area contributed by atoms with Gasteiger partial charge in [0.05, 0.1) is 38.8 Å². The number of fused-ring (bicyclic) bond motifs is 2. The number of phosphoric acid groups is 3. The summed E-state index contributed by atoms with van der Waals surface area (Å²) >= 11 is 0. The molecule has 3 aliphatic rings. The SMILES string of the molecule is CCn1c[n+]([C@@H]2O[C@H](COP(=O)(O)OP(=O)(O)OP(=O)(O)OC[C@H]3O[C@@H](n4cnc5c(N)ncnc54)[C@H](OC)[C@@H]3P(=O)(O)OC[C@H]3O[C@@H](n4ccc(=O)[nH]c4=O)[C@H](O)[C@@H]3O)[C@@H](CCOC)[C@H]2O)c2nc(N)[nH]c(=O)c21. The molecule has 13 N–H and O–H groups in total. The number of H-pyrrole nitrogens is 2. The van der Waals surface area contributed by atoms with Crippen LogP contribution in [0.2, 0.25) is 0 Å². The Bertz CT molecular complexity index is 3280. The Labute approximate surface area is 419 Å². The maximum Gasteiger partial charge on any atom is 0.490 e. The molecule has 75 heavy (non-hydrogen) atoms. The standard InChI is InChI=1S/C35H50N12O24P4/c1-4-44-14-47(29-21(44)30(52)43-34(37)42-29)31-22(49)15(6-8-62-2)16(67-31)9-65-73(56,57)70-75(60,61)71-74(58,59)66-11-18-26(25(63-3)33(69-18)46-13-40-20-27(36)38-12-39-28(20)46)72(54,55)64-10-17-23(50)24(51)32(68-17)45-7-5-19(48)41-35(45)53/h5,7,12-18,22-26,31-33,49-51H,4,6,8-11H2,1-3H3,(H9-,36,37,38,39,41,42,43,48,52,53,54,55,56,57,58,59,60,61)/p+1/t15-,16-,17-,18-,22-,23-,24-,25-,26-,31-,32-,33-/m1/s1. The number of imidazole rings is 2. The Kier molecular flexibility index (Phi) is 16.6. The van der Waals surface area contributed by atoms with Crippen molar-refractivity contribution in [1.29, 1.82) is 0 Å². The van der Waals surface area contributed by atoms with Crippen LogP contribution in [0.4, 0.5) is 11.8 Å². The molecule has 3 saturated heterocycles. The summed E-state index contributed by atoms with van der Waals surface area (Å²) in [5.74, 6) is -1.28. The van der Waals surface area contributed by atoms with Crippen LogP contribution in [-0.2, 0) is 70.7 Å². The highest BCUT2D eigenvalue weighted by Gasteiger charge is 2.58. The van der Waals surface area contributed by atoms with Gasteiger partial charge in [0.1, 0.15) is 54.1 Å². The number of aryl methyl sites for hydroxylation is 1. The number of anilines is 2.